The molecule has 5 heteroatoms. The summed E-state index contributed by atoms with van der Waals surface area (Å²) in [4.78, 5) is 7.34. The van der Waals surface area contributed by atoms with Crippen LogP contribution in [-0.2, 0) is 4.74 Å². The molecule has 2 N–H and O–H groups in total. The fourth-order valence-electron chi connectivity index (χ4n) is 3.42. The summed E-state index contributed by atoms with van der Waals surface area (Å²) in [5.74, 6) is 0.931. The van der Waals surface area contributed by atoms with Crippen molar-refractivity contribution >= 4 is 5.96 Å². The van der Waals surface area contributed by atoms with Crippen molar-refractivity contribution in [3.8, 4) is 0 Å². The van der Waals surface area contributed by atoms with Gasteiger partial charge in [0.1, 0.15) is 0 Å². The molecule has 0 amide bonds. The summed E-state index contributed by atoms with van der Waals surface area (Å²) in [6.45, 7) is 11.6. The molecule has 1 unspecified atom stereocenters. The molecule has 0 aromatic heterocycles. The molecule has 2 fully saturated rings. The zero-order valence-electron chi connectivity index (χ0n) is 15.2. The van der Waals surface area contributed by atoms with Gasteiger partial charge in [-0.2, -0.15) is 0 Å². The third kappa shape index (κ3) is 7.08. The minimum Gasteiger partial charge on any atom is -0.373 e. The molecule has 2 aliphatic heterocycles. The van der Waals surface area contributed by atoms with Crippen LogP contribution in [0.1, 0.15) is 58.8 Å². The molecule has 0 saturated carbocycles. The van der Waals surface area contributed by atoms with Gasteiger partial charge in [0.05, 0.1) is 12.1 Å². The van der Waals surface area contributed by atoms with E-state index in [1.165, 1.54) is 51.7 Å². The molecule has 2 saturated heterocycles. The van der Waals surface area contributed by atoms with Gasteiger partial charge in [-0.25, -0.2) is 0 Å². The molecule has 0 radical (unpaired) electrons. The third-order valence-corrected chi connectivity index (χ3v) is 4.86. The van der Waals surface area contributed by atoms with Crippen LogP contribution < -0.4 is 10.6 Å². The van der Waals surface area contributed by atoms with Crippen LogP contribution in [0.2, 0.25) is 0 Å². The maximum atomic E-state index is 5.82. The van der Waals surface area contributed by atoms with Crippen LogP contribution >= 0.6 is 0 Å². The highest BCUT2D eigenvalue weighted by molar-refractivity contribution is 5.79. The van der Waals surface area contributed by atoms with E-state index >= 15 is 0 Å². The van der Waals surface area contributed by atoms with Crippen molar-refractivity contribution in [1.82, 2.24) is 15.5 Å². The molecule has 2 heterocycles. The van der Waals surface area contributed by atoms with Gasteiger partial charge in [0.2, 0.25) is 0 Å². The molecule has 2 rings (SSSR count). The Morgan fingerprint density at radius 1 is 1.13 bits per heavy atom. The Hall–Kier alpha value is -0.810. The molecule has 23 heavy (non-hydrogen) atoms. The van der Waals surface area contributed by atoms with E-state index in [-0.39, 0.29) is 5.60 Å². The third-order valence-electron chi connectivity index (χ3n) is 4.86. The van der Waals surface area contributed by atoms with Crippen molar-refractivity contribution in [3.05, 3.63) is 0 Å². The zero-order valence-corrected chi connectivity index (χ0v) is 15.2. The molecule has 0 bridgehead atoms. The summed E-state index contributed by atoms with van der Waals surface area (Å²) in [7, 11) is 0. The summed E-state index contributed by atoms with van der Waals surface area (Å²) in [6, 6.07) is 0. The van der Waals surface area contributed by atoms with Crippen LogP contribution in [0.4, 0.5) is 0 Å². The number of likely N-dealkylation sites (tertiary alicyclic amines) is 1. The molecule has 5 nitrogen and oxygen atoms in total. The largest absolute Gasteiger partial charge is 0.373 e. The Bertz CT molecular complexity index is 345. The molecule has 1 atom stereocenters. The van der Waals surface area contributed by atoms with Gasteiger partial charge in [-0.1, -0.05) is 12.8 Å². The average molecular weight is 325 g/mol. The summed E-state index contributed by atoms with van der Waals surface area (Å²) < 4.78 is 5.82. The number of nitrogens with zero attached hydrogens (tertiary/aromatic N) is 2. The lowest BCUT2D eigenvalue weighted by Gasteiger charge is -2.22. The maximum Gasteiger partial charge on any atom is 0.191 e. The van der Waals surface area contributed by atoms with Gasteiger partial charge < -0.3 is 20.3 Å². The predicted molar refractivity (Wildman–Crippen MR) is 97.1 cm³/mol. The molecule has 0 aromatic carbocycles. The van der Waals surface area contributed by atoms with E-state index in [0.29, 0.717) is 0 Å². The minimum atomic E-state index is -0.0611. The normalized spacial score (nSPS) is 27.0. The molecule has 0 aromatic rings. The minimum absolute atomic E-state index is 0.0611. The van der Waals surface area contributed by atoms with Crippen molar-refractivity contribution in [2.24, 2.45) is 4.99 Å². The topological polar surface area (TPSA) is 48.9 Å². The molecule has 0 spiro atoms. The van der Waals surface area contributed by atoms with Gasteiger partial charge in [-0.05, 0) is 65.6 Å². The summed E-state index contributed by atoms with van der Waals surface area (Å²) >= 11 is 0. The quantitative estimate of drug-likeness (QED) is 0.429. The number of rotatable bonds is 7. The zero-order chi connectivity index (χ0) is 16.4. The molecular weight excluding hydrogens is 288 g/mol. The SMILES string of the molecule is CCNC(=NCC1(C)CCCO1)NCCCN1CCCCCC1. The van der Waals surface area contributed by atoms with Gasteiger partial charge >= 0.3 is 0 Å². The predicted octanol–water partition coefficient (Wildman–Crippen LogP) is 2.38. The van der Waals surface area contributed by atoms with Crippen molar-refractivity contribution < 1.29 is 4.74 Å². The van der Waals surface area contributed by atoms with Crippen molar-refractivity contribution in [2.45, 2.75) is 64.4 Å². The van der Waals surface area contributed by atoms with Crippen molar-refractivity contribution in [3.63, 3.8) is 0 Å². The van der Waals surface area contributed by atoms with Crippen LogP contribution in [-0.4, -0.2) is 62.3 Å². The van der Waals surface area contributed by atoms with E-state index in [1.54, 1.807) is 0 Å². The Morgan fingerprint density at radius 2 is 1.91 bits per heavy atom. The lowest BCUT2D eigenvalue weighted by atomic mass is 10.0. The number of nitrogens with one attached hydrogen (secondary N) is 2. The number of ether oxygens (including phenoxy) is 1. The number of hydrogen-bond acceptors (Lipinski definition) is 3. The number of hydrogen-bond donors (Lipinski definition) is 2. The van der Waals surface area contributed by atoms with Crippen LogP contribution in [0.5, 0.6) is 0 Å². The van der Waals surface area contributed by atoms with Crippen LogP contribution in [0, 0.1) is 0 Å². The number of aliphatic imine (C=N–C) groups is 1. The lowest BCUT2D eigenvalue weighted by molar-refractivity contribution is 0.0283. The summed E-state index contributed by atoms with van der Waals surface area (Å²) in [5, 5.41) is 6.82. The van der Waals surface area contributed by atoms with Gasteiger partial charge in [0.15, 0.2) is 5.96 Å². The van der Waals surface area contributed by atoms with E-state index in [1.807, 2.05) is 0 Å². The van der Waals surface area contributed by atoms with Crippen LogP contribution in [0.3, 0.4) is 0 Å². The van der Waals surface area contributed by atoms with E-state index in [2.05, 4.69) is 29.4 Å². The first kappa shape index (κ1) is 18.5. The van der Waals surface area contributed by atoms with E-state index in [9.17, 15) is 0 Å². The van der Waals surface area contributed by atoms with Gasteiger partial charge in [-0.15, -0.1) is 0 Å². The lowest BCUT2D eigenvalue weighted by Crippen LogP contribution is -2.40. The van der Waals surface area contributed by atoms with E-state index in [0.717, 1.165) is 45.0 Å². The summed E-state index contributed by atoms with van der Waals surface area (Å²) in [5.41, 5.74) is -0.0611. The smallest absolute Gasteiger partial charge is 0.191 e. The van der Waals surface area contributed by atoms with Gasteiger partial charge in [0, 0.05) is 19.7 Å². The first-order valence-electron chi connectivity index (χ1n) is 9.60. The standard InChI is InChI=1S/C18H36N4O/c1-3-19-17(21-16-18(2)10-8-15-23-18)20-11-9-14-22-12-6-4-5-7-13-22/h3-16H2,1-2H3,(H2,19,20,21). The second kappa shape index (κ2) is 10.1. The molecule has 0 aliphatic carbocycles. The highest BCUT2D eigenvalue weighted by atomic mass is 16.5. The maximum absolute atomic E-state index is 5.82. The second-order valence-electron chi connectivity index (χ2n) is 7.13. The molecule has 134 valence electrons. The number of guanidine groups is 1. The Kier molecular flexibility index (Phi) is 8.17. The summed E-state index contributed by atoms with van der Waals surface area (Å²) in [6.07, 6.45) is 9.01. The first-order valence-corrected chi connectivity index (χ1v) is 9.60. The highest BCUT2D eigenvalue weighted by Gasteiger charge is 2.29. The van der Waals surface area contributed by atoms with Crippen molar-refractivity contribution in [1.29, 1.82) is 0 Å². The Morgan fingerprint density at radius 3 is 2.57 bits per heavy atom. The fourth-order valence-corrected chi connectivity index (χ4v) is 3.42. The first-order chi connectivity index (χ1) is 11.2. The van der Waals surface area contributed by atoms with E-state index in [4.69, 9.17) is 9.73 Å². The average Bonchev–Trinajstić information content (AvgIpc) is 2.82. The monoisotopic (exact) mass is 324 g/mol. The Balaban J connectivity index is 1.67. The van der Waals surface area contributed by atoms with Crippen molar-refractivity contribution in [2.75, 3.05) is 45.9 Å². The second-order valence-corrected chi connectivity index (χ2v) is 7.13. The van der Waals surface area contributed by atoms with Gasteiger partial charge in [0.25, 0.3) is 0 Å². The molecular formula is C18H36N4O. The fraction of sp³-hybridized carbons (Fsp3) is 0.944. The van der Waals surface area contributed by atoms with Crippen LogP contribution in [0.15, 0.2) is 4.99 Å². The van der Waals surface area contributed by atoms with Crippen LogP contribution in [0.25, 0.3) is 0 Å². The highest BCUT2D eigenvalue weighted by Crippen LogP contribution is 2.24. The Labute approximate surface area is 142 Å². The molecule has 2 aliphatic rings. The van der Waals surface area contributed by atoms with E-state index < -0.39 is 0 Å². The van der Waals surface area contributed by atoms with Gasteiger partial charge in [-0.3, -0.25) is 4.99 Å².